The molecule has 0 spiro atoms. The van der Waals surface area contributed by atoms with Crippen molar-refractivity contribution >= 4 is 0 Å². The summed E-state index contributed by atoms with van der Waals surface area (Å²) in [5, 5.41) is 11.8. The first-order valence-electron chi connectivity index (χ1n) is 6.54. The molecule has 0 aromatic carbocycles. The number of nitrogens with one attached hydrogen (secondary N) is 1. The molecule has 1 aliphatic heterocycles. The van der Waals surface area contributed by atoms with Crippen molar-refractivity contribution in [3.63, 3.8) is 0 Å². The van der Waals surface area contributed by atoms with Gasteiger partial charge in [-0.15, -0.1) is 10.2 Å². The Balaban J connectivity index is 2.02. The molecule has 0 saturated carbocycles. The molecule has 1 N–H and O–H groups in total. The Kier molecular flexibility index (Phi) is 5.10. The van der Waals surface area contributed by atoms with Crippen LogP contribution >= 0.6 is 0 Å². The number of rotatable bonds is 7. The highest BCUT2D eigenvalue weighted by molar-refractivity contribution is 5.05. The molecule has 1 aromatic heterocycles. The van der Waals surface area contributed by atoms with Crippen molar-refractivity contribution in [1.82, 2.24) is 20.1 Å². The van der Waals surface area contributed by atoms with Crippen LogP contribution in [0.25, 0.3) is 0 Å². The zero-order valence-electron chi connectivity index (χ0n) is 11.1. The maximum atomic E-state index is 5.58. The largest absolute Gasteiger partial charge is 0.383 e. The Morgan fingerprint density at radius 1 is 1.56 bits per heavy atom. The molecular formula is C12H22N4O2. The van der Waals surface area contributed by atoms with Crippen LogP contribution in [0.3, 0.4) is 0 Å². The minimum atomic E-state index is 0.288. The highest BCUT2D eigenvalue weighted by atomic mass is 16.5. The summed E-state index contributed by atoms with van der Waals surface area (Å²) in [5.74, 6) is 1.29. The van der Waals surface area contributed by atoms with Gasteiger partial charge in [-0.25, -0.2) is 0 Å². The van der Waals surface area contributed by atoms with Crippen LogP contribution in [-0.2, 0) is 16.0 Å². The lowest BCUT2D eigenvalue weighted by Gasteiger charge is -2.18. The highest BCUT2D eigenvalue weighted by Gasteiger charge is 2.32. The second-order valence-corrected chi connectivity index (χ2v) is 4.58. The predicted molar refractivity (Wildman–Crippen MR) is 67.5 cm³/mol. The van der Waals surface area contributed by atoms with E-state index >= 15 is 0 Å². The number of hydrogen-bond acceptors (Lipinski definition) is 5. The predicted octanol–water partition coefficient (Wildman–Crippen LogP) is 0.406. The SMILES string of the molecule is CCCNC1COCC1c1nncn1CCOC. The summed E-state index contributed by atoms with van der Waals surface area (Å²) in [6, 6.07) is 0.343. The Bertz CT molecular complexity index is 356. The van der Waals surface area contributed by atoms with Crippen LogP contribution in [0.4, 0.5) is 0 Å². The molecule has 18 heavy (non-hydrogen) atoms. The molecular weight excluding hydrogens is 232 g/mol. The third-order valence-corrected chi connectivity index (χ3v) is 3.25. The summed E-state index contributed by atoms with van der Waals surface area (Å²) < 4.78 is 12.7. The van der Waals surface area contributed by atoms with Crippen molar-refractivity contribution in [3.8, 4) is 0 Å². The first kappa shape index (κ1) is 13.5. The first-order valence-corrected chi connectivity index (χ1v) is 6.54. The first-order chi connectivity index (χ1) is 8.86. The lowest BCUT2D eigenvalue weighted by atomic mass is 10.0. The van der Waals surface area contributed by atoms with E-state index in [1.165, 1.54) is 0 Å². The summed E-state index contributed by atoms with van der Waals surface area (Å²) in [7, 11) is 1.70. The average molecular weight is 254 g/mol. The Morgan fingerprint density at radius 3 is 3.22 bits per heavy atom. The van der Waals surface area contributed by atoms with Crippen LogP contribution in [0.2, 0.25) is 0 Å². The maximum Gasteiger partial charge on any atom is 0.139 e. The summed E-state index contributed by atoms with van der Waals surface area (Å²) >= 11 is 0. The number of nitrogens with zero attached hydrogens (tertiary/aromatic N) is 3. The molecule has 0 amide bonds. The second-order valence-electron chi connectivity index (χ2n) is 4.58. The molecule has 1 saturated heterocycles. The molecule has 6 nitrogen and oxygen atoms in total. The van der Waals surface area contributed by atoms with Gasteiger partial charge in [-0.05, 0) is 13.0 Å². The minimum absolute atomic E-state index is 0.288. The van der Waals surface area contributed by atoms with E-state index in [1.54, 1.807) is 13.4 Å². The van der Waals surface area contributed by atoms with Gasteiger partial charge in [0, 0.05) is 19.7 Å². The van der Waals surface area contributed by atoms with E-state index in [0.717, 1.165) is 31.9 Å². The number of ether oxygens (including phenoxy) is 2. The van der Waals surface area contributed by atoms with Gasteiger partial charge in [-0.1, -0.05) is 6.92 Å². The van der Waals surface area contributed by atoms with Crippen LogP contribution in [0.1, 0.15) is 25.1 Å². The van der Waals surface area contributed by atoms with Crippen molar-refractivity contribution in [3.05, 3.63) is 12.2 Å². The molecule has 0 aliphatic carbocycles. The van der Waals surface area contributed by atoms with E-state index in [0.29, 0.717) is 19.3 Å². The van der Waals surface area contributed by atoms with Crippen LogP contribution in [0.5, 0.6) is 0 Å². The van der Waals surface area contributed by atoms with Gasteiger partial charge in [-0.2, -0.15) is 0 Å². The summed E-state index contributed by atoms with van der Waals surface area (Å²) in [6.07, 6.45) is 2.89. The molecule has 2 atom stereocenters. The monoisotopic (exact) mass is 254 g/mol. The summed E-state index contributed by atoms with van der Waals surface area (Å²) in [5.41, 5.74) is 0. The average Bonchev–Trinajstić information content (AvgIpc) is 3.01. The van der Waals surface area contributed by atoms with Crippen LogP contribution in [0.15, 0.2) is 6.33 Å². The van der Waals surface area contributed by atoms with Crippen molar-refractivity contribution in [2.45, 2.75) is 31.8 Å². The molecule has 0 radical (unpaired) electrons. The Labute approximate surface area is 108 Å². The quantitative estimate of drug-likeness (QED) is 0.763. The van der Waals surface area contributed by atoms with E-state index < -0.39 is 0 Å². The zero-order chi connectivity index (χ0) is 12.8. The van der Waals surface area contributed by atoms with Gasteiger partial charge in [0.1, 0.15) is 12.2 Å². The zero-order valence-corrected chi connectivity index (χ0v) is 11.1. The third kappa shape index (κ3) is 3.07. The number of aromatic nitrogens is 3. The lowest BCUT2D eigenvalue weighted by molar-refractivity contribution is 0.181. The highest BCUT2D eigenvalue weighted by Crippen LogP contribution is 2.24. The Hall–Kier alpha value is -0.980. The topological polar surface area (TPSA) is 61.2 Å². The fourth-order valence-corrected chi connectivity index (χ4v) is 2.25. The molecule has 1 aromatic rings. The van der Waals surface area contributed by atoms with Gasteiger partial charge in [0.15, 0.2) is 0 Å². The Morgan fingerprint density at radius 2 is 2.44 bits per heavy atom. The van der Waals surface area contributed by atoms with Gasteiger partial charge in [-0.3, -0.25) is 0 Å². The fraction of sp³-hybridized carbons (Fsp3) is 0.833. The van der Waals surface area contributed by atoms with Crippen LogP contribution < -0.4 is 5.32 Å². The van der Waals surface area contributed by atoms with E-state index in [1.807, 2.05) is 0 Å². The molecule has 102 valence electrons. The standard InChI is InChI=1S/C12H22N4O2/c1-3-4-13-11-8-18-7-10(11)12-15-14-9-16(12)5-6-17-2/h9-11,13H,3-8H2,1-2H3. The third-order valence-electron chi connectivity index (χ3n) is 3.25. The summed E-state index contributed by atoms with van der Waals surface area (Å²) in [4.78, 5) is 0. The molecule has 1 aliphatic rings. The van der Waals surface area contributed by atoms with Gasteiger partial charge < -0.3 is 19.4 Å². The maximum absolute atomic E-state index is 5.58. The van der Waals surface area contributed by atoms with E-state index in [-0.39, 0.29) is 5.92 Å². The molecule has 6 heteroatoms. The number of hydrogen-bond donors (Lipinski definition) is 1. The van der Waals surface area contributed by atoms with E-state index in [2.05, 4.69) is 27.0 Å². The van der Waals surface area contributed by atoms with Crippen LogP contribution in [-0.4, -0.2) is 54.3 Å². The van der Waals surface area contributed by atoms with Crippen molar-refractivity contribution in [2.24, 2.45) is 0 Å². The molecule has 2 unspecified atom stereocenters. The van der Waals surface area contributed by atoms with Gasteiger partial charge >= 0.3 is 0 Å². The molecule has 2 rings (SSSR count). The van der Waals surface area contributed by atoms with Crippen molar-refractivity contribution < 1.29 is 9.47 Å². The van der Waals surface area contributed by atoms with Gasteiger partial charge in [0.25, 0.3) is 0 Å². The second kappa shape index (κ2) is 6.82. The fourth-order valence-electron chi connectivity index (χ4n) is 2.25. The van der Waals surface area contributed by atoms with E-state index in [9.17, 15) is 0 Å². The van der Waals surface area contributed by atoms with Crippen LogP contribution in [0, 0.1) is 0 Å². The van der Waals surface area contributed by atoms with E-state index in [4.69, 9.17) is 9.47 Å². The normalized spacial score (nSPS) is 23.7. The van der Waals surface area contributed by atoms with Crippen molar-refractivity contribution in [2.75, 3.05) is 33.5 Å². The minimum Gasteiger partial charge on any atom is -0.383 e. The summed E-state index contributed by atoms with van der Waals surface area (Å²) in [6.45, 7) is 6.10. The van der Waals surface area contributed by atoms with Gasteiger partial charge in [0.05, 0.1) is 25.7 Å². The van der Waals surface area contributed by atoms with Gasteiger partial charge in [0.2, 0.25) is 0 Å². The molecule has 2 heterocycles. The van der Waals surface area contributed by atoms with Crippen molar-refractivity contribution in [1.29, 1.82) is 0 Å². The molecule has 0 bridgehead atoms. The lowest BCUT2D eigenvalue weighted by Crippen LogP contribution is -2.36. The smallest absolute Gasteiger partial charge is 0.139 e. The number of methoxy groups -OCH3 is 1. The molecule has 1 fully saturated rings.